The lowest BCUT2D eigenvalue weighted by molar-refractivity contribution is 0.0450. The molecule has 6 heteroatoms. The average Bonchev–Trinajstić information content (AvgIpc) is 3.35. The first-order chi connectivity index (χ1) is 17.7. The van der Waals surface area contributed by atoms with Crippen LogP contribution in [0.1, 0.15) is 27.9 Å². The molecule has 6 nitrogen and oxygen atoms in total. The molecule has 0 amide bonds. The second-order valence-corrected chi connectivity index (χ2v) is 9.22. The van der Waals surface area contributed by atoms with Crippen LogP contribution < -0.4 is 10.1 Å². The van der Waals surface area contributed by atoms with Crippen LogP contribution in [0.25, 0.3) is 10.8 Å². The summed E-state index contributed by atoms with van der Waals surface area (Å²) in [7, 11) is 0. The zero-order valence-corrected chi connectivity index (χ0v) is 20.5. The molecule has 1 aliphatic rings. The number of hydrogen-bond acceptors (Lipinski definition) is 6. The molecule has 36 heavy (non-hydrogen) atoms. The predicted molar refractivity (Wildman–Crippen MR) is 142 cm³/mol. The molecule has 0 aliphatic carbocycles. The number of ether oxygens (including phenoxy) is 2. The summed E-state index contributed by atoms with van der Waals surface area (Å²) >= 11 is 0. The van der Waals surface area contributed by atoms with E-state index in [9.17, 15) is 4.79 Å². The Balaban J connectivity index is 1.12. The fraction of sp³-hybridized carbons (Fsp3) is 0.267. The Morgan fingerprint density at radius 3 is 2.83 bits per heavy atom. The zero-order valence-electron chi connectivity index (χ0n) is 20.5. The van der Waals surface area contributed by atoms with Gasteiger partial charge >= 0.3 is 5.97 Å². The van der Waals surface area contributed by atoms with Crippen LogP contribution in [0.4, 0.5) is 5.69 Å². The van der Waals surface area contributed by atoms with Crippen molar-refractivity contribution < 1.29 is 14.3 Å². The number of aryl methyl sites for hydroxylation is 1. The molecule has 4 aromatic rings. The number of esters is 1. The summed E-state index contributed by atoms with van der Waals surface area (Å²) in [5.41, 5.74) is 4.00. The third-order valence-corrected chi connectivity index (χ3v) is 6.56. The maximum atomic E-state index is 12.1. The minimum atomic E-state index is -0.331. The van der Waals surface area contributed by atoms with Gasteiger partial charge in [-0.05, 0) is 54.8 Å². The number of nitrogens with zero attached hydrogens (tertiary/aromatic N) is 2. The van der Waals surface area contributed by atoms with Crippen molar-refractivity contribution in [2.24, 2.45) is 0 Å². The highest BCUT2D eigenvalue weighted by atomic mass is 16.6. The monoisotopic (exact) mass is 481 g/mol. The molecule has 1 aromatic heterocycles. The minimum absolute atomic E-state index is 0.209. The fourth-order valence-electron chi connectivity index (χ4n) is 4.66. The third-order valence-electron chi connectivity index (χ3n) is 6.56. The van der Waals surface area contributed by atoms with Crippen molar-refractivity contribution >= 4 is 22.4 Å². The van der Waals surface area contributed by atoms with Crippen molar-refractivity contribution in [2.75, 3.05) is 31.6 Å². The molecule has 0 spiro atoms. The van der Waals surface area contributed by atoms with Gasteiger partial charge in [-0.15, -0.1) is 0 Å². The maximum Gasteiger partial charge on any atom is 0.338 e. The number of anilines is 1. The average molecular weight is 482 g/mol. The van der Waals surface area contributed by atoms with Gasteiger partial charge in [0.1, 0.15) is 19.0 Å². The lowest BCUT2D eigenvalue weighted by atomic mass is 10.1. The van der Waals surface area contributed by atoms with Crippen LogP contribution in [-0.2, 0) is 11.3 Å². The SMILES string of the molecule is Cc1ccc(CN2CCC(Nc3cccc4cnccc34)C2)cc1OCCOC(=O)c1ccccc1. The van der Waals surface area contributed by atoms with Gasteiger partial charge in [0, 0.05) is 54.5 Å². The van der Waals surface area contributed by atoms with Crippen LogP contribution in [0.2, 0.25) is 0 Å². The van der Waals surface area contributed by atoms with Gasteiger partial charge in [0.05, 0.1) is 5.56 Å². The molecule has 3 aromatic carbocycles. The van der Waals surface area contributed by atoms with Crippen LogP contribution in [0.5, 0.6) is 5.75 Å². The number of pyridine rings is 1. The van der Waals surface area contributed by atoms with Crippen LogP contribution >= 0.6 is 0 Å². The summed E-state index contributed by atoms with van der Waals surface area (Å²) in [6.07, 6.45) is 4.86. The van der Waals surface area contributed by atoms with E-state index in [1.165, 1.54) is 16.6 Å². The van der Waals surface area contributed by atoms with E-state index in [0.29, 0.717) is 18.2 Å². The summed E-state index contributed by atoms with van der Waals surface area (Å²) in [4.78, 5) is 18.8. The minimum Gasteiger partial charge on any atom is -0.490 e. The van der Waals surface area contributed by atoms with Crippen molar-refractivity contribution in [2.45, 2.75) is 25.9 Å². The first kappa shape index (κ1) is 23.8. The van der Waals surface area contributed by atoms with E-state index in [0.717, 1.165) is 42.8 Å². The largest absolute Gasteiger partial charge is 0.490 e. The molecular formula is C30H31N3O3. The molecule has 1 fully saturated rings. The summed E-state index contributed by atoms with van der Waals surface area (Å²) in [6, 6.07) is 24.2. The van der Waals surface area contributed by atoms with E-state index in [1.807, 2.05) is 37.5 Å². The quantitative estimate of drug-likeness (QED) is 0.253. The predicted octanol–water partition coefficient (Wildman–Crippen LogP) is 5.47. The van der Waals surface area contributed by atoms with Gasteiger partial charge in [0.2, 0.25) is 0 Å². The Kier molecular flexibility index (Phi) is 7.43. The van der Waals surface area contributed by atoms with E-state index >= 15 is 0 Å². The Hall–Kier alpha value is -3.90. The van der Waals surface area contributed by atoms with Crippen molar-refractivity contribution in [3.8, 4) is 5.75 Å². The normalized spacial score (nSPS) is 15.6. The van der Waals surface area contributed by atoms with E-state index < -0.39 is 0 Å². The molecular weight excluding hydrogens is 450 g/mol. The van der Waals surface area contributed by atoms with E-state index in [-0.39, 0.29) is 12.6 Å². The number of carbonyl (C=O) groups excluding carboxylic acids is 1. The lowest BCUT2D eigenvalue weighted by Crippen LogP contribution is -2.26. The standard InChI is InChI=1S/C30H31N3O3/c1-22-10-11-23(18-29(22)35-16-17-36-30(34)24-6-3-2-4-7-24)20-33-15-13-26(21-33)32-28-9-5-8-25-19-31-14-12-27(25)28/h2-12,14,18-19,26,32H,13,15-17,20-21H2,1H3. The van der Waals surface area contributed by atoms with Crippen LogP contribution in [0, 0.1) is 6.92 Å². The highest BCUT2D eigenvalue weighted by Crippen LogP contribution is 2.26. The highest BCUT2D eigenvalue weighted by molar-refractivity contribution is 5.93. The van der Waals surface area contributed by atoms with Gasteiger partial charge in [0.15, 0.2) is 0 Å². The van der Waals surface area contributed by atoms with Gasteiger partial charge in [-0.3, -0.25) is 9.88 Å². The van der Waals surface area contributed by atoms with Crippen molar-refractivity contribution in [1.82, 2.24) is 9.88 Å². The summed E-state index contributed by atoms with van der Waals surface area (Å²) in [5.74, 6) is 0.503. The lowest BCUT2D eigenvalue weighted by Gasteiger charge is -2.19. The Bertz CT molecular complexity index is 1320. The van der Waals surface area contributed by atoms with Crippen molar-refractivity contribution in [3.05, 3.63) is 102 Å². The molecule has 0 saturated carbocycles. The second kappa shape index (κ2) is 11.2. The number of benzene rings is 3. The number of nitrogens with one attached hydrogen (secondary N) is 1. The number of hydrogen-bond donors (Lipinski definition) is 1. The van der Waals surface area contributed by atoms with Crippen molar-refractivity contribution in [3.63, 3.8) is 0 Å². The first-order valence-corrected chi connectivity index (χ1v) is 12.4. The molecule has 1 N–H and O–H groups in total. The van der Waals surface area contributed by atoms with Crippen molar-refractivity contribution in [1.29, 1.82) is 0 Å². The van der Waals surface area contributed by atoms with Gasteiger partial charge < -0.3 is 14.8 Å². The fourth-order valence-corrected chi connectivity index (χ4v) is 4.66. The van der Waals surface area contributed by atoms with Crippen LogP contribution in [-0.4, -0.2) is 48.2 Å². The highest BCUT2D eigenvalue weighted by Gasteiger charge is 2.23. The first-order valence-electron chi connectivity index (χ1n) is 12.4. The maximum absolute atomic E-state index is 12.1. The smallest absolute Gasteiger partial charge is 0.338 e. The van der Waals surface area contributed by atoms with Gasteiger partial charge in [0.25, 0.3) is 0 Å². The number of rotatable bonds is 9. The Morgan fingerprint density at radius 1 is 1.06 bits per heavy atom. The number of likely N-dealkylation sites (tertiary alicyclic amines) is 1. The summed E-state index contributed by atoms with van der Waals surface area (Å²) in [5, 5.41) is 6.10. The van der Waals surface area contributed by atoms with E-state index in [2.05, 4.69) is 57.7 Å². The molecule has 5 rings (SSSR count). The summed E-state index contributed by atoms with van der Waals surface area (Å²) in [6.45, 7) is 5.46. The molecule has 184 valence electrons. The van der Waals surface area contributed by atoms with E-state index in [4.69, 9.17) is 9.47 Å². The summed E-state index contributed by atoms with van der Waals surface area (Å²) < 4.78 is 11.3. The second-order valence-electron chi connectivity index (χ2n) is 9.22. The Morgan fingerprint density at radius 2 is 1.94 bits per heavy atom. The molecule has 1 unspecified atom stereocenters. The van der Waals surface area contributed by atoms with E-state index in [1.54, 1.807) is 12.1 Å². The van der Waals surface area contributed by atoms with Gasteiger partial charge in [-0.1, -0.05) is 42.5 Å². The molecule has 0 radical (unpaired) electrons. The van der Waals surface area contributed by atoms with Gasteiger partial charge in [-0.2, -0.15) is 0 Å². The third kappa shape index (κ3) is 5.83. The Labute approximate surface area is 211 Å². The van der Waals surface area contributed by atoms with Gasteiger partial charge in [-0.25, -0.2) is 4.79 Å². The molecule has 1 saturated heterocycles. The molecule has 1 atom stereocenters. The van der Waals surface area contributed by atoms with Crippen LogP contribution in [0.3, 0.4) is 0 Å². The molecule has 2 heterocycles. The number of aromatic nitrogens is 1. The topological polar surface area (TPSA) is 63.7 Å². The molecule has 1 aliphatic heterocycles. The number of carbonyl (C=O) groups is 1. The van der Waals surface area contributed by atoms with Crippen LogP contribution in [0.15, 0.2) is 85.2 Å². The zero-order chi connectivity index (χ0) is 24.7. The molecule has 0 bridgehead atoms. The number of fused-ring (bicyclic) bond motifs is 1.